The summed E-state index contributed by atoms with van der Waals surface area (Å²) in [6.45, 7) is 3.63. The van der Waals surface area contributed by atoms with E-state index in [9.17, 15) is 8.42 Å². The van der Waals surface area contributed by atoms with Gasteiger partial charge in [0.25, 0.3) is 0 Å². The lowest BCUT2D eigenvalue weighted by molar-refractivity contribution is 0.521. The van der Waals surface area contributed by atoms with Gasteiger partial charge in [0.05, 0.1) is 11.8 Å². The van der Waals surface area contributed by atoms with Crippen LogP contribution in [0, 0.1) is 11.3 Å². The van der Waals surface area contributed by atoms with E-state index >= 15 is 0 Å². The zero-order chi connectivity index (χ0) is 13.8. The molecule has 0 spiro atoms. The number of hydrogen-bond acceptors (Lipinski definition) is 3. The van der Waals surface area contributed by atoms with Gasteiger partial charge in [0, 0.05) is 0 Å². The van der Waals surface area contributed by atoms with Crippen LogP contribution in [0.3, 0.4) is 0 Å². The third-order valence-electron chi connectivity index (χ3n) is 2.51. The summed E-state index contributed by atoms with van der Waals surface area (Å²) >= 11 is 0. The van der Waals surface area contributed by atoms with Crippen molar-refractivity contribution >= 4 is 15.9 Å². The van der Waals surface area contributed by atoms with Crippen LogP contribution >= 0.6 is 0 Å². The molecule has 0 radical (unpaired) electrons. The molecule has 1 aromatic carbocycles. The summed E-state index contributed by atoms with van der Waals surface area (Å²) in [5.74, 6) is -0.334. The Hall–Kier alpha value is -1.40. The molecule has 1 unspecified atom stereocenters. The molecule has 0 aliphatic carbocycles. The van der Waals surface area contributed by atoms with Gasteiger partial charge in [-0.25, -0.2) is 13.1 Å². The molecule has 100 valence electrons. The quantitative estimate of drug-likeness (QED) is 0.532. The lowest BCUT2D eigenvalue weighted by Crippen LogP contribution is -2.47. The molecular weight excluding hydrogens is 250 g/mol. The molecule has 0 saturated carbocycles. The van der Waals surface area contributed by atoms with Crippen molar-refractivity contribution in [2.45, 2.75) is 25.6 Å². The van der Waals surface area contributed by atoms with E-state index in [0.29, 0.717) is 5.56 Å². The number of hydrogen-bond donors (Lipinski definition) is 3. The summed E-state index contributed by atoms with van der Waals surface area (Å²) in [5, 5.41) is 7.39. The Bertz CT molecular complexity index is 497. The maximum absolute atomic E-state index is 12.0. The number of nitrogens with two attached hydrogens (primary N) is 1. The van der Waals surface area contributed by atoms with Crippen LogP contribution in [0.25, 0.3) is 0 Å². The molecule has 0 saturated heterocycles. The van der Waals surface area contributed by atoms with Crippen LogP contribution in [0.2, 0.25) is 0 Å². The lowest BCUT2D eigenvalue weighted by Gasteiger charge is -2.20. The second-order valence-corrected chi connectivity index (χ2v) is 6.29. The van der Waals surface area contributed by atoms with E-state index in [2.05, 4.69) is 4.72 Å². The van der Waals surface area contributed by atoms with Gasteiger partial charge in [0.1, 0.15) is 5.84 Å². The fraction of sp³-hybridized carbons (Fsp3) is 0.417. The van der Waals surface area contributed by atoms with Crippen LogP contribution < -0.4 is 10.5 Å². The molecule has 18 heavy (non-hydrogen) atoms. The normalized spacial score (nSPS) is 13.5. The van der Waals surface area contributed by atoms with E-state index < -0.39 is 16.1 Å². The number of amidine groups is 1. The SMILES string of the molecule is CC(C)C(NS(=O)(=O)Cc1ccccc1)C(=N)N. The third-order valence-corrected chi connectivity index (χ3v) is 3.83. The summed E-state index contributed by atoms with van der Waals surface area (Å²) in [6.07, 6.45) is 0. The molecule has 0 fully saturated rings. The number of sulfonamides is 1. The Morgan fingerprint density at radius 3 is 2.33 bits per heavy atom. The second kappa shape index (κ2) is 5.97. The zero-order valence-corrected chi connectivity index (χ0v) is 11.4. The molecule has 1 atom stereocenters. The van der Waals surface area contributed by atoms with Crippen LogP contribution in [-0.2, 0) is 15.8 Å². The fourth-order valence-corrected chi connectivity index (χ4v) is 3.09. The van der Waals surface area contributed by atoms with Crippen molar-refractivity contribution in [3.63, 3.8) is 0 Å². The summed E-state index contributed by atoms with van der Waals surface area (Å²) < 4.78 is 26.4. The standard InChI is InChI=1S/C12H19N3O2S/c1-9(2)11(12(13)14)15-18(16,17)8-10-6-4-3-5-7-10/h3-7,9,11,15H,8H2,1-2H3,(H3,13,14). The van der Waals surface area contributed by atoms with Gasteiger partial charge in [-0.2, -0.15) is 0 Å². The molecule has 0 amide bonds. The van der Waals surface area contributed by atoms with E-state index in [1.54, 1.807) is 24.3 Å². The van der Waals surface area contributed by atoms with Gasteiger partial charge >= 0.3 is 0 Å². The molecule has 0 aliphatic heterocycles. The van der Waals surface area contributed by atoms with Crippen LogP contribution in [0.5, 0.6) is 0 Å². The number of rotatable bonds is 6. The van der Waals surface area contributed by atoms with Crippen molar-refractivity contribution in [3.8, 4) is 0 Å². The van der Waals surface area contributed by atoms with Crippen molar-refractivity contribution in [2.75, 3.05) is 0 Å². The number of benzene rings is 1. The minimum atomic E-state index is -3.49. The zero-order valence-electron chi connectivity index (χ0n) is 10.6. The molecule has 0 bridgehead atoms. The first-order valence-electron chi connectivity index (χ1n) is 5.69. The molecule has 6 heteroatoms. The van der Waals surface area contributed by atoms with Gasteiger partial charge in [0.15, 0.2) is 0 Å². The van der Waals surface area contributed by atoms with Crippen LogP contribution in [0.4, 0.5) is 0 Å². The Morgan fingerprint density at radius 1 is 1.33 bits per heavy atom. The molecule has 0 aromatic heterocycles. The summed E-state index contributed by atoms with van der Waals surface area (Å²) in [5.41, 5.74) is 6.10. The van der Waals surface area contributed by atoms with Crippen LogP contribution in [0.1, 0.15) is 19.4 Å². The summed E-state index contributed by atoms with van der Waals surface area (Å²) in [4.78, 5) is 0. The molecule has 1 aromatic rings. The minimum absolute atomic E-state index is 0.0620. The van der Waals surface area contributed by atoms with E-state index in [1.165, 1.54) is 0 Å². The third kappa shape index (κ3) is 4.46. The maximum atomic E-state index is 12.0. The van der Waals surface area contributed by atoms with E-state index in [1.807, 2.05) is 19.9 Å². The molecule has 5 nitrogen and oxygen atoms in total. The van der Waals surface area contributed by atoms with E-state index in [-0.39, 0.29) is 17.5 Å². The smallest absolute Gasteiger partial charge is 0.216 e. The van der Waals surface area contributed by atoms with Crippen molar-refractivity contribution < 1.29 is 8.42 Å². The van der Waals surface area contributed by atoms with Gasteiger partial charge in [-0.3, -0.25) is 5.41 Å². The monoisotopic (exact) mass is 269 g/mol. The Kier molecular flexibility index (Phi) is 4.86. The van der Waals surface area contributed by atoms with Crippen LogP contribution in [0.15, 0.2) is 30.3 Å². The van der Waals surface area contributed by atoms with Gasteiger partial charge in [-0.1, -0.05) is 44.2 Å². The average Bonchev–Trinajstić information content (AvgIpc) is 2.26. The Balaban J connectivity index is 2.79. The lowest BCUT2D eigenvalue weighted by atomic mass is 10.1. The summed E-state index contributed by atoms with van der Waals surface area (Å²) in [7, 11) is -3.49. The Morgan fingerprint density at radius 2 is 1.89 bits per heavy atom. The number of nitrogens with one attached hydrogen (secondary N) is 2. The van der Waals surface area contributed by atoms with Crippen LogP contribution in [-0.4, -0.2) is 20.3 Å². The average molecular weight is 269 g/mol. The molecule has 0 aliphatic rings. The largest absolute Gasteiger partial charge is 0.386 e. The minimum Gasteiger partial charge on any atom is -0.386 e. The van der Waals surface area contributed by atoms with Crippen molar-refractivity contribution in [1.29, 1.82) is 5.41 Å². The highest BCUT2D eigenvalue weighted by Gasteiger charge is 2.23. The molecule has 0 heterocycles. The van der Waals surface area contributed by atoms with Gasteiger partial charge < -0.3 is 5.73 Å². The van der Waals surface area contributed by atoms with Crippen molar-refractivity contribution in [1.82, 2.24) is 4.72 Å². The summed E-state index contributed by atoms with van der Waals surface area (Å²) in [6, 6.07) is 8.25. The predicted octanol–water partition coefficient (Wildman–Crippen LogP) is 1.07. The molecule has 4 N–H and O–H groups in total. The topological polar surface area (TPSA) is 96.0 Å². The fourth-order valence-electron chi connectivity index (χ4n) is 1.59. The first-order valence-corrected chi connectivity index (χ1v) is 7.35. The highest BCUT2D eigenvalue weighted by molar-refractivity contribution is 7.88. The van der Waals surface area contributed by atoms with Gasteiger partial charge in [-0.15, -0.1) is 0 Å². The van der Waals surface area contributed by atoms with Gasteiger partial charge in [0.2, 0.25) is 10.0 Å². The Labute approximate surface area is 108 Å². The van der Waals surface area contributed by atoms with E-state index in [4.69, 9.17) is 11.1 Å². The van der Waals surface area contributed by atoms with Crippen molar-refractivity contribution in [2.24, 2.45) is 11.7 Å². The highest BCUT2D eigenvalue weighted by Crippen LogP contribution is 2.08. The van der Waals surface area contributed by atoms with E-state index in [0.717, 1.165) is 0 Å². The second-order valence-electron chi connectivity index (χ2n) is 4.54. The maximum Gasteiger partial charge on any atom is 0.216 e. The first kappa shape index (κ1) is 14.7. The highest BCUT2D eigenvalue weighted by atomic mass is 32.2. The molecular formula is C12H19N3O2S. The molecule has 1 rings (SSSR count). The van der Waals surface area contributed by atoms with Crippen molar-refractivity contribution in [3.05, 3.63) is 35.9 Å². The first-order chi connectivity index (χ1) is 8.32. The predicted molar refractivity (Wildman–Crippen MR) is 72.7 cm³/mol. The van der Waals surface area contributed by atoms with Gasteiger partial charge in [-0.05, 0) is 11.5 Å².